The highest BCUT2D eigenvalue weighted by atomic mass is 32.1. The number of anilines is 1. The van der Waals surface area contributed by atoms with E-state index in [-0.39, 0.29) is 11.7 Å². The summed E-state index contributed by atoms with van der Waals surface area (Å²) in [6.07, 6.45) is 0. The standard InChI is InChI=1S/C19H17FN4OS/c1-23(2)9-10-24(18(25)14-5-3-13(12-21)4-6-14)19-22-16-8-7-15(20)11-17(16)26-19/h3-8,11H,9-10H2,1-2H3/p+1. The fourth-order valence-electron chi connectivity index (χ4n) is 2.46. The van der Waals surface area contributed by atoms with Crippen LogP contribution >= 0.6 is 11.3 Å². The molecule has 0 saturated carbocycles. The molecular formula is C19H18FN4OS+. The highest BCUT2D eigenvalue weighted by Crippen LogP contribution is 2.30. The van der Waals surface area contributed by atoms with Crippen molar-refractivity contribution in [3.63, 3.8) is 0 Å². The summed E-state index contributed by atoms with van der Waals surface area (Å²) >= 11 is 1.29. The van der Waals surface area contributed by atoms with Crippen LogP contribution in [0.15, 0.2) is 42.5 Å². The number of rotatable bonds is 5. The van der Waals surface area contributed by atoms with Crippen LogP contribution in [0.5, 0.6) is 0 Å². The van der Waals surface area contributed by atoms with Gasteiger partial charge in [-0.2, -0.15) is 5.26 Å². The molecule has 5 nitrogen and oxygen atoms in total. The molecule has 1 N–H and O–H groups in total. The zero-order valence-electron chi connectivity index (χ0n) is 14.5. The molecule has 0 unspecified atom stereocenters. The fraction of sp³-hybridized carbons (Fsp3) is 0.211. The molecule has 0 aliphatic heterocycles. The molecule has 1 aromatic heterocycles. The van der Waals surface area contributed by atoms with Gasteiger partial charge in [0.25, 0.3) is 5.91 Å². The number of halogens is 1. The predicted octanol–water partition coefficient (Wildman–Crippen LogP) is 2.10. The van der Waals surface area contributed by atoms with Gasteiger partial charge < -0.3 is 4.90 Å². The number of thiazole rings is 1. The summed E-state index contributed by atoms with van der Waals surface area (Å²) < 4.78 is 14.2. The molecule has 0 aliphatic carbocycles. The van der Waals surface area contributed by atoms with Crippen LogP contribution < -0.4 is 9.80 Å². The summed E-state index contributed by atoms with van der Waals surface area (Å²) in [5, 5.41) is 9.46. The lowest BCUT2D eigenvalue weighted by Crippen LogP contribution is -3.06. The number of amides is 1. The maximum atomic E-state index is 13.5. The van der Waals surface area contributed by atoms with Gasteiger partial charge >= 0.3 is 0 Å². The van der Waals surface area contributed by atoms with Crippen molar-refractivity contribution in [2.24, 2.45) is 0 Å². The van der Waals surface area contributed by atoms with Gasteiger partial charge in [0.1, 0.15) is 5.82 Å². The van der Waals surface area contributed by atoms with Crippen molar-refractivity contribution in [1.82, 2.24) is 4.98 Å². The van der Waals surface area contributed by atoms with Crippen molar-refractivity contribution in [2.75, 3.05) is 32.1 Å². The second kappa shape index (κ2) is 7.60. The van der Waals surface area contributed by atoms with Crippen molar-refractivity contribution < 1.29 is 14.1 Å². The molecule has 1 amide bonds. The van der Waals surface area contributed by atoms with Crippen LogP contribution in [0.1, 0.15) is 15.9 Å². The minimum Gasteiger partial charge on any atom is -0.338 e. The Morgan fingerprint density at radius 3 is 2.65 bits per heavy atom. The van der Waals surface area contributed by atoms with E-state index in [1.165, 1.54) is 28.4 Å². The van der Waals surface area contributed by atoms with Crippen molar-refractivity contribution in [3.8, 4) is 6.07 Å². The van der Waals surface area contributed by atoms with Gasteiger partial charge in [0.15, 0.2) is 5.13 Å². The molecule has 3 aromatic rings. The molecule has 1 heterocycles. The zero-order valence-corrected chi connectivity index (χ0v) is 15.3. The topological polar surface area (TPSA) is 61.4 Å². The van der Waals surface area contributed by atoms with E-state index in [1.54, 1.807) is 35.2 Å². The van der Waals surface area contributed by atoms with Crippen molar-refractivity contribution in [2.45, 2.75) is 0 Å². The van der Waals surface area contributed by atoms with Crippen molar-refractivity contribution >= 4 is 32.6 Å². The van der Waals surface area contributed by atoms with Crippen LogP contribution in [0.3, 0.4) is 0 Å². The summed E-state index contributed by atoms with van der Waals surface area (Å²) in [4.78, 5) is 20.4. The highest BCUT2D eigenvalue weighted by Gasteiger charge is 2.22. The number of nitrogens with one attached hydrogen (secondary N) is 1. The summed E-state index contributed by atoms with van der Waals surface area (Å²) in [5.74, 6) is -0.509. The molecular weight excluding hydrogens is 351 g/mol. The molecule has 0 atom stereocenters. The number of aromatic nitrogens is 1. The normalized spacial score (nSPS) is 10.9. The molecule has 26 heavy (non-hydrogen) atoms. The number of benzene rings is 2. The summed E-state index contributed by atoms with van der Waals surface area (Å²) in [5.41, 5.74) is 1.66. The van der Waals surface area contributed by atoms with Crippen LogP contribution in [0.4, 0.5) is 9.52 Å². The number of likely N-dealkylation sites (N-methyl/N-ethyl adjacent to an activating group) is 1. The molecule has 0 saturated heterocycles. The largest absolute Gasteiger partial charge is 0.338 e. The monoisotopic (exact) mass is 369 g/mol. The number of hydrogen-bond donors (Lipinski definition) is 1. The van der Waals surface area contributed by atoms with E-state index in [2.05, 4.69) is 4.98 Å². The zero-order chi connectivity index (χ0) is 18.7. The number of nitrogens with zero attached hydrogens (tertiary/aromatic N) is 3. The van der Waals surface area contributed by atoms with Crippen LogP contribution in [0, 0.1) is 17.1 Å². The van der Waals surface area contributed by atoms with Gasteiger partial charge in [-0.25, -0.2) is 9.37 Å². The molecule has 2 aromatic carbocycles. The van der Waals surface area contributed by atoms with Gasteiger partial charge in [0.05, 0.1) is 49.0 Å². The minimum absolute atomic E-state index is 0.185. The number of carbonyl (C=O) groups excluding carboxylic acids is 1. The number of quaternary nitrogens is 1. The third kappa shape index (κ3) is 3.87. The quantitative estimate of drug-likeness (QED) is 0.749. The molecule has 0 spiro atoms. The number of hydrogen-bond acceptors (Lipinski definition) is 4. The Balaban J connectivity index is 1.97. The maximum Gasteiger partial charge on any atom is 0.260 e. The van der Waals surface area contributed by atoms with Crippen molar-refractivity contribution in [3.05, 3.63) is 59.4 Å². The Hall–Kier alpha value is -2.82. The summed E-state index contributed by atoms with van der Waals surface area (Å²) in [6.45, 7) is 1.23. The molecule has 0 aliphatic rings. The Kier molecular flexibility index (Phi) is 5.26. The highest BCUT2D eigenvalue weighted by molar-refractivity contribution is 7.22. The first-order valence-electron chi connectivity index (χ1n) is 8.15. The average Bonchev–Trinajstić information content (AvgIpc) is 3.04. The molecule has 0 fully saturated rings. The van der Waals surface area contributed by atoms with Gasteiger partial charge in [0, 0.05) is 5.56 Å². The molecule has 3 rings (SSSR count). The lowest BCUT2D eigenvalue weighted by Gasteiger charge is -2.20. The predicted molar refractivity (Wildman–Crippen MR) is 100 cm³/mol. The maximum absolute atomic E-state index is 13.5. The Morgan fingerprint density at radius 2 is 2.00 bits per heavy atom. The van der Waals surface area contributed by atoms with E-state index in [0.29, 0.717) is 33.0 Å². The number of carbonyl (C=O) groups is 1. The second-order valence-corrected chi connectivity index (χ2v) is 7.22. The van der Waals surface area contributed by atoms with Gasteiger partial charge in [0.2, 0.25) is 0 Å². The van der Waals surface area contributed by atoms with Gasteiger partial charge in [-0.3, -0.25) is 9.69 Å². The van der Waals surface area contributed by atoms with Crippen LogP contribution in [-0.4, -0.2) is 38.1 Å². The van der Waals surface area contributed by atoms with Gasteiger partial charge in [-0.1, -0.05) is 11.3 Å². The Morgan fingerprint density at radius 1 is 1.27 bits per heavy atom. The number of fused-ring (bicyclic) bond motifs is 1. The third-order valence-electron chi connectivity index (χ3n) is 3.91. The third-order valence-corrected chi connectivity index (χ3v) is 4.95. The van der Waals surface area contributed by atoms with Gasteiger partial charge in [-0.05, 0) is 42.5 Å². The Bertz CT molecular complexity index is 975. The lowest BCUT2D eigenvalue weighted by atomic mass is 10.1. The van der Waals surface area contributed by atoms with Gasteiger partial charge in [-0.15, -0.1) is 0 Å². The van der Waals surface area contributed by atoms with E-state index in [0.717, 1.165) is 6.54 Å². The fourth-order valence-corrected chi connectivity index (χ4v) is 3.48. The lowest BCUT2D eigenvalue weighted by molar-refractivity contribution is -0.856. The van der Waals surface area contributed by atoms with E-state index in [4.69, 9.17) is 5.26 Å². The average molecular weight is 369 g/mol. The summed E-state index contributed by atoms with van der Waals surface area (Å²) in [7, 11) is 4.02. The van der Waals surface area contributed by atoms with Crippen LogP contribution in [0.25, 0.3) is 10.2 Å². The second-order valence-electron chi connectivity index (χ2n) is 6.21. The smallest absolute Gasteiger partial charge is 0.260 e. The first kappa shape index (κ1) is 18.0. The number of nitriles is 1. The summed E-state index contributed by atoms with van der Waals surface area (Å²) in [6, 6.07) is 13.0. The molecule has 0 bridgehead atoms. The van der Waals surface area contributed by atoms with E-state index in [1.807, 2.05) is 20.2 Å². The SMILES string of the molecule is C[NH+](C)CCN(C(=O)c1ccc(C#N)cc1)c1nc2ccc(F)cc2s1. The van der Waals surface area contributed by atoms with E-state index in [9.17, 15) is 9.18 Å². The van der Waals surface area contributed by atoms with Crippen LogP contribution in [0.2, 0.25) is 0 Å². The van der Waals surface area contributed by atoms with Crippen molar-refractivity contribution in [1.29, 1.82) is 5.26 Å². The van der Waals surface area contributed by atoms with E-state index < -0.39 is 0 Å². The molecule has 0 radical (unpaired) electrons. The first-order valence-corrected chi connectivity index (χ1v) is 8.97. The minimum atomic E-state index is -0.324. The molecule has 7 heteroatoms. The van der Waals surface area contributed by atoms with Crippen LogP contribution in [-0.2, 0) is 0 Å². The van der Waals surface area contributed by atoms with E-state index >= 15 is 0 Å². The molecule has 132 valence electrons. The first-order chi connectivity index (χ1) is 12.5. The Labute approximate surface area is 154 Å².